The van der Waals surface area contributed by atoms with Crippen LogP contribution in [0.3, 0.4) is 0 Å². The smallest absolute Gasteiger partial charge is 0.289 e. The lowest BCUT2D eigenvalue weighted by Crippen LogP contribution is -2.19. The van der Waals surface area contributed by atoms with Crippen molar-refractivity contribution in [3.05, 3.63) is 63.5 Å². The van der Waals surface area contributed by atoms with E-state index in [0.29, 0.717) is 11.3 Å². The van der Waals surface area contributed by atoms with Gasteiger partial charge in [0.15, 0.2) is 0 Å². The van der Waals surface area contributed by atoms with Crippen LogP contribution >= 0.6 is 0 Å². The number of pyridine rings is 1. The summed E-state index contributed by atoms with van der Waals surface area (Å²) < 4.78 is 5.11. The molecule has 0 aliphatic rings. The topological polar surface area (TPSA) is 107 Å². The number of non-ortho nitro benzene ring substituents is 1. The number of methoxy groups -OCH3 is 1. The molecule has 24 heavy (non-hydrogen) atoms. The van der Waals surface area contributed by atoms with Gasteiger partial charge in [-0.3, -0.25) is 19.9 Å². The van der Waals surface area contributed by atoms with Gasteiger partial charge in [0.2, 0.25) is 0 Å². The second-order valence-electron chi connectivity index (χ2n) is 4.79. The van der Waals surface area contributed by atoms with Crippen LogP contribution in [0.4, 0.5) is 5.69 Å². The Bertz CT molecular complexity index is 772. The van der Waals surface area contributed by atoms with Gasteiger partial charge < -0.3 is 4.74 Å². The molecule has 1 amide bonds. The Morgan fingerprint density at radius 2 is 2.21 bits per heavy atom. The van der Waals surface area contributed by atoms with E-state index in [9.17, 15) is 14.9 Å². The van der Waals surface area contributed by atoms with Crippen LogP contribution in [0.2, 0.25) is 0 Å². The SMILES string of the molecule is CCc1ccc(C(=O)N/N=C/c2cc([N+](=O)[O-])ccc2OC)nc1. The molecule has 0 spiro atoms. The number of hydrogen-bond donors (Lipinski definition) is 1. The molecule has 0 fully saturated rings. The molecule has 1 N–H and O–H groups in total. The molecule has 2 aromatic rings. The van der Waals surface area contributed by atoms with Crippen LogP contribution in [-0.2, 0) is 6.42 Å². The highest BCUT2D eigenvalue weighted by Crippen LogP contribution is 2.22. The summed E-state index contributed by atoms with van der Waals surface area (Å²) in [6, 6.07) is 7.52. The Morgan fingerprint density at radius 1 is 1.42 bits per heavy atom. The first-order chi connectivity index (χ1) is 11.5. The molecule has 1 aromatic carbocycles. The van der Waals surface area contributed by atoms with Crippen molar-refractivity contribution in [3.63, 3.8) is 0 Å². The Labute approximate surface area is 138 Å². The number of benzene rings is 1. The van der Waals surface area contributed by atoms with Gasteiger partial charge in [-0.05, 0) is 24.1 Å². The fraction of sp³-hybridized carbons (Fsp3) is 0.188. The number of aryl methyl sites for hydroxylation is 1. The van der Waals surface area contributed by atoms with Gasteiger partial charge >= 0.3 is 0 Å². The second kappa shape index (κ2) is 7.82. The van der Waals surface area contributed by atoms with Crippen molar-refractivity contribution in [1.29, 1.82) is 0 Å². The number of carbonyl (C=O) groups is 1. The van der Waals surface area contributed by atoms with E-state index >= 15 is 0 Å². The van der Waals surface area contributed by atoms with Crippen molar-refractivity contribution in [3.8, 4) is 5.75 Å². The van der Waals surface area contributed by atoms with Gasteiger partial charge in [0.1, 0.15) is 11.4 Å². The normalized spacial score (nSPS) is 10.6. The fourth-order valence-corrected chi connectivity index (χ4v) is 1.92. The third kappa shape index (κ3) is 4.13. The van der Waals surface area contributed by atoms with E-state index in [1.54, 1.807) is 12.3 Å². The zero-order valence-corrected chi connectivity index (χ0v) is 13.2. The quantitative estimate of drug-likeness (QED) is 0.497. The summed E-state index contributed by atoms with van der Waals surface area (Å²) >= 11 is 0. The number of nitro groups is 1. The molecule has 0 radical (unpaired) electrons. The lowest BCUT2D eigenvalue weighted by molar-refractivity contribution is -0.384. The highest BCUT2D eigenvalue weighted by atomic mass is 16.6. The predicted octanol–water partition coefficient (Wildman–Crippen LogP) is 2.32. The maximum Gasteiger partial charge on any atom is 0.289 e. The molecule has 8 heteroatoms. The first-order valence-corrected chi connectivity index (χ1v) is 7.16. The van der Waals surface area contributed by atoms with Gasteiger partial charge in [-0.2, -0.15) is 5.10 Å². The molecule has 1 heterocycles. The second-order valence-corrected chi connectivity index (χ2v) is 4.79. The van der Waals surface area contributed by atoms with E-state index in [-0.39, 0.29) is 11.4 Å². The summed E-state index contributed by atoms with van der Waals surface area (Å²) in [6.07, 6.45) is 3.74. The van der Waals surface area contributed by atoms with Gasteiger partial charge in [-0.1, -0.05) is 13.0 Å². The zero-order chi connectivity index (χ0) is 17.5. The third-order valence-electron chi connectivity index (χ3n) is 3.26. The number of nitrogens with zero attached hydrogens (tertiary/aromatic N) is 3. The number of amides is 1. The number of hydrogen-bond acceptors (Lipinski definition) is 6. The van der Waals surface area contributed by atoms with Crippen LogP contribution in [0.25, 0.3) is 0 Å². The minimum absolute atomic E-state index is 0.0969. The molecule has 124 valence electrons. The van der Waals surface area contributed by atoms with E-state index in [1.165, 1.54) is 31.5 Å². The molecular weight excluding hydrogens is 312 g/mol. The summed E-state index contributed by atoms with van der Waals surface area (Å²) in [5, 5.41) is 14.6. The Morgan fingerprint density at radius 3 is 2.79 bits per heavy atom. The Kier molecular flexibility index (Phi) is 5.56. The maximum atomic E-state index is 11.9. The van der Waals surface area contributed by atoms with Gasteiger partial charge in [0, 0.05) is 23.9 Å². The van der Waals surface area contributed by atoms with Crippen LogP contribution in [-0.4, -0.2) is 29.1 Å². The molecule has 0 bridgehead atoms. The number of rotatable bonds is 6. The van der Waals surface area contributed by atoms with Crippen molar-refractivity contribution in [2.45, 2.75) is 13.3 Å². The molecular formula is C16H16N4O4. The third-order valence-corrected chi connectivity index (χ3v) is 3.26. The monoisotopic (exact) mass is 328 g/mol. The molecule has 0 saturated heterocycles. The number of hydrazone groups is 1. The average Bonchev–Trinajstić information content (AvgIpc) is 2.61. The van der Waals surface area contributed by atoms with E-state index in [0.717, 1.165) is 12.0 Å². The molecule has 0 unspecified atom stereocenters. The first kappa shape index (κ1) is 17.1. The number of aromatic nitrogens is 1. The van der Waals surface area contributed by atoms with E-state index in [2.05, 4.69) is 15.5 Å². The maximum absolute atomic E-state index is 11.9. The van der Waals surface area contributed by atoms with Crippen LogP contribution in [0, 0.1) is 10.1 Å². The summed E-state index contributed by atoms with van der Waals surface area (Å²) in [5.41, 5.74) is 3.86. The first-order valence-electron chi connectivity index (χ1n) is 7.16. The van der Waals surface area contributed by atoms with E-state index in [4.69, 9.17) is 4.74 Å². The largest absolute Gasteiger partial charge is 0.496 e. The molecule has 0 saturated carbocycles. The summed E-state index contributed by atoms with van der Waals surface area (Å²) in [7, 11) is 1.44. The van der Waals surface area contributed by atoms with Crippen molar-refractivity contribution >= 4 is 17.8 Å². The Hall–Kier alpha value is -3.29. The fourth-order valence-electron chi connectivity index (χ4n) is 1.92. The molecule has 0 aliphatic heterocycles. The van der Waals surface area contributed by atoms with E-state index in [1.807, 2.05) is 13.0 Å². The highest BCUT2D eigenvalue weighted by molar-refractivity contribution is 5.93. The lowest BCUT2D eigenvalue weighted by atomic mass is 10.2. The number of ether oxygens (including phenoxy) is 1. The van der Waals surface area contributed by atoms with Crippen LogP contribution in [0.5, 0.6) is 5.75 Å². The highest BCUT2D eigenvalue weighted by Gasteiger charge is 2.10. The molecule has 2 rings (SSSR count). The standard InChI is InChI=1S/C16H16N4O4/c1-3-11-4-6-14(17-9-11)16(21)19-18-10-12-8-13(20(22)23)5-7-15(12)24-2/h4-10H,3H2,1-2H3,(H,19,21)/b18-10+. The molecule has 1 aromatic heterocycles. The van der Waals surface area contributed by atoms with Crippen LogP contribution in [0.1, 0.15) is 28.5 Å². The van der Waals surface area contributed by atoms with Crippen LogP contribution < -0.4 is 10.2 Å². The van der Waals surface area contributed by atoms with Crippen molar-refractivity contribution < 1.29 is 14.5 Å². The Balaban J connectivity index is 2.11. The summed E-state index contributed by atoms with van der Waals surface area (Å²) in [6.45, 7) is 1.99. The summed E-state index contributed by atoms with van der Waals surface area (Å²) in [4.78, 5) is 26.3. The molecule has 0 aliphatic carbocycles. The van der Waals surface area contributed by atoms with Crippen molar-refractivity contribution in [2.75, 3.05) is 7.11 Å². The average molecular weight is 328 g/mol. The predicted molar refractivity (Wildman–Crippen MR) is 88.3 cm³/mol. The minimum atomic E-state index is -0.519. The molecule has 8 nitrogen and oxygen atoms in total. The lowest BCUT2D eigenvalue weighted by Gasteiger charge is -2.04. The zero-order valence-electron chi connectivity index (χ0n) is 13.2. The summed E-state index contributed by atoms with van der Waals surface area (Å²) in [5.74, 6) is -0.0673. The number of carbonyl (C=O) groups excluding carboxylic acids is 1. The number of nitro benzene ring substituents is 1. The van der Waals surface area contributed by atoms with Crippen LogP contribution in [0.15, 0.2) is 41.6 Å². The minimum Gasteiger partial charge on any atom is -0.496 e. The van der Waals surface area contributed by atoms with Crippen molar-refractivity contribution in [2.24, 2.45) is 5.10 Å². The van der Waals surface area contributed by atoms with Gasteiger partial charge in [0.25, 0.3) is 11.6 Å². The number of nitrogens with one attached hydrogen (secondary N) is 1. The van der Waals surface area contributed by atoms with Gasteiger partial charge in [-0.25, -0.2) is 5.43 Å². The van der Waals surface area contributed by atoms with Gasteiger partial charge in [-0.15, -0.1) is 0 Å². The van der Waals surface area contributed by atoms with Gasteiger partial charge in [0.05, 0.1) is 18.2 Å². The molecule has 0 atom stereocenters. The van der Waals surface area contributed by atoms with E-state index < -0.39 is 10.8 Å². The van der Waals surface area contributed by atoms with Crippen molar-refractivity contribution in [1.82, 2.24) is 10.4 Å².